The lowest BCUT2D eigenvalue weighted by Gasteiger charge is -2.06. The summed E-state index contributed by atoms with van der Waals surface area (Å²) in [6.07, 6.45) is 0.966. The summed E-state index contributed by atoms with van der Waals surface area (Å²) in [6, 6.07) is 15.3. The number of oxazole rings is 1. The number of rotatable bonds is 8. The second-order valence-electron chi connectivity index (χ2n) is 6.67. The van der Waals surface area contributed by atoms with Crippen molar-refractivity contribution in [3.63, 3.8) is 0 Å². The van der Waals surface area contributed by atoms with Crippen molar-refractivity contribution < 1.29 is 13.4 Å². The molecular weight excluding hydrogens is 408 g/mol. The monoisotopic (exact) mass is 430 g/mol. The number of aryl methyl sites for hydroxylation is 2. The van der Waals surface area contributed by atoms with Gasteiger partial charge in [0.05, 0.1) is 11.4 Å². The third kappa shape index (κ3) is 5.78. The third-order valence-corrected chi connectivity index (χ3v) is 6.07. The fourth-order valence-corrected chi connectivity index (χ4v) is 4.08. The average molecular weight is 431 g/mol. The molecule has 0 saturated heterocycles. The van der Waals surface area contributed by atoms with Crippen LogP contribution < -0.4 is 5.32 Å². The first-order valence-corrected chi connectivity index (χ1v) is 11.2. The molecule has 0 saturated carbocycles. The number of nitrogens with one attached hydrogen (secondary N) is 1. The number of benzene rings is 2. The standard InChI is InChI=1S/C22H23ClN2O3S/c1-3-16-8-10-17(11-9-16)22-25-20(15(2)28-22)13-29(27)14-21(26)24-12-18-6-4-5-7-19(18)23/h4-11H,3,12-14H2,1-2H3,(H,24,26)/t29-/m1/s1. The zero-order valence-electron chi connectivity index (χ0n) is 16.4. The number of hydrogen-bond donors (Lipinski definition) is 1. The molecule has 0 unspecified atom stereocenters. The summed E-state index contributed by atoms with van der Waals surface area (Å²) in [4.78, 5) is 16.6. The first kappa shape index (κ1) is 21.3. The van der Waals surface area contributed by atoms with Gasteiger partial charge in [0.25, 0.3) is 0 Å². The highest BCUT2D eigenvalue weighted by Gasteiger charge is 2.16. The molecule has 1 atom stereocenters. The predicted molar refractivity (Wildman–Crippen MR) is 116 cm³/mol. The highest BCUT2D eigenvalue weighted by Crippen LogP contribution is 2.23. The van der Waals surface area contributed by atoms with Gasteiger partial charge < -0.3 is 9.73 Å². The Hall–Kier alpha value is -2.44. The second kappa shape index (κ2) is 9.85. The fourth-order valence-electron chi connectivity index (χ4n) is 2.80. The summed E-state index contributed by atoms with van der Waals surface area (Å²) in [5, 5.41) is 3.34. The van der Waals surface area contributed by atoms with Crippen LogP contribution in [0.25, 0.3) is 11.5 Å². The number of carbonyl (C=O) groups excluding carboxylic acids is 1. The Morgan fingerprint density at radius 1 is 1.17 bits per heavy atom. The van der Waals surface area contributed by atoms with Crippen LogP contribution in [0.3, 0.4) is 0 Å². The largest absolute Gasteiger partial charge is 0.441 e. The molecule has 2 aromatic carbocycles. The minimum Gasteiger partial charge on any atom is -0.441 e. The Labute approximate surface area is 178 Å². The SMILES string of the molecule is CCc1ccc(-c2nc(C[S@@](=O)CC(=O)NCc3ccccc3Cl)c(C)o2)cc1. The van der Waals surface area contributed by atoms with Gasteiger partial charge in [-0.3, -0.25) is 9.00 Å². The first-order valence-electron chi connectivity index (χ1n) is 9.37. The number of carbonyl (C=O) groups is 1. The maximum Gasteiger partial charge on any atom is 0.232 e. The maximum atomic E-state index is 12.4. The molecule has 0 radical (unpaired) electrons. The van der Waals surface area contributed by atoms with Gasteiger partial charge in [-0.05, 0) is 42.7 Å². The summed E-state index contributed by atoms with van der Waals surface area (Å²) in [5.74, 6) is 0.892. The van der Waals surface area contributed by atoms with Gasteiger partial charge in [-0.25, -0.2) is 4.98 Å². The van der Waals surface area contributed by atoms with Gasteiger partial charge in [-0.2, -0.15) is 0 Å². The van der Waals surface area contributed by atoms with Gasteiger partial charge >= 0.3 is 0 Å². The lowest BCUT2D eigenvalue weighted by atomic mass is 10.1. The highest BCUT2D eigenvalue weighted by atomic mass is 35.5. The van der Waals surface area contributed by atoms with E-state index in [1.54, 1.807) is 13.0 Å². The molecule has 0 spiro atoms. The van der Waals surface area contributed by atoms with Crippen LogP contribution in [0.1, 0.15) is 29.5 Å². The molecule has 3 aromatic rings. The van der Waals surface area contributed by atoms with Crippen molar-refractivity contribution in [2.75, 3.05) is 5.75 Å². The zero-order valence-corrected chi connectivity index (χ0v) is 18.0. The Balaban J connectivity index is 1.56. The molecule has 0 bridgehead atoms. The van der Waals surface area contributed by atoms with Crippen molar-refractivity contribution in [3.05, 3.63) is 76.1 Å². The van der Waals surface area contributed by atoms with E-state index in [0.717, 1.165) is 17.5 Å². The van der Waals surface area contributed by atoms with Crippen LogP contribution in [-0.2, 0) is 34.3 Å². The predicted octanol–water partition coefficient (Wildman–Crippen LogP) is 4.43. The summed E-state index contributed by atoms with van der Waals surface area (Å²) < 4.78 is 18.2. The molecule has 1 aromatic heterocycles. The smallest absolute Gasteiger partial charge is 0.232 e. The van der Waals surface area contributed by atoms with Crippen LogP contribution in [-0.4, -0.2) is 20.9 Å². The Bertz CT molecular complexity index is 1020. The number of aromatic nitrogens is 1. The first-order chi connectivity index (χ1) is 14.0. The van der Waals surface area contributed by atoms with E-state index in [1.807, 2.05) is 42.5 Å². The zero-order chi connectivity index (χ0) is 20.8. The van der Waals surface area contributed by atoms with Crippen LogP contribution in [0.4, 0.5) is 0 Å². The van der Waals surface area contributed by atoms with Crippen molar-refractivity contribution in [2.45, 2.75) is 32.6 Å². The molecule has 1 heterocycles. The summed E-state index contributed by atoms with van der Waals surface area (Å²) >= 11 is 6.08. The van der Waals surface area contributed by atoms with Crippen LogP contribution in [0.5, 0.6) is 0 Å². The van der Waals surface area contributed by atoms with Crippen molar-refractivity contribution in [2.24, 2.45) is 0 Å². The van der Waals surface area contributed by atoms with Crippen molar-refractivity contribution in [1.29, 1.82) is 0 Å². The van der Waals surface area contributed by atoms with E-state index >= 15 is 0 Å². The third-order valence-electron chi connectivity index (χ3n) is 4.53. The summed E-state index contributed by atoms with van der Waals surface area (Å²) in [6.45, 7) is 4.19. The number of hydrogen-bond acceptors (Lipinski definition) is 4. The molecular formula is C22H23ClN2O3S. The molecule has 3 rings (SSSR count). The average Bonchev–Trinajstić information content (AvgIpc) is 3.07. The molecule has 1 N–H and O–H groups in total. The summed E-state index contributed by atoms with van der Waals surface area (Å²) in [7, 11) is -1.39. The van der Waals surface area contributed by atoms with E-state index in [4.69, 9.17) is 16.0 Å². The molecule has 29 heavy (non-hydrogen) atoms. The Morgan fingerprint density at radius 3 is 2.59 bits per heavy atom. The van der Waals surface area contributed by atoms with E-state index < -0.39 is 10.8 Å². The lowest BCUT2D eigenvalue weighted by molar-refractivity contribution is -0.118. The van der Waals surface area contributed by atoms with Crippen LogP contribution in [0.15, 0.2) is 52.9 Å². The van der Waals surface area contributed by atoms with Gasteiger partial charge in [-0.1, -0.05) is 48.9 Å². The minimum atomic E-state index is -1.39. The molecule has 0 aliphatic carbocycles. The van der Waals surface area contributed by atoms with Gasteiger partial charge in [-0.15, -0.1) is 0 Å². The normalized spacial score (nSPS) is 12.0. The highest BCUT2D eigenvalue weighted by molar-refractivity contribution is 7.84. The number of halogens is 1. The van der Waals surface area contributed by atoms with E-state index in [2.05, 4.69) is 17.2 Å². The lowest BCUT2D eigenvalue weighted by Crippen LogP contribution is -2.28. The van der Waals surface area contributed by atoms with Crippen molar-refractivity contribution in [3.8, 4) is 11.5 Å². The number of nitrogens with zero attached hydrogens (tertiary/aromatic N) is 1. The molecule has 0 aliphatic heterocycles. The molecule has 1 amide bonds. The van der Waals surface area contributed by atoms with E-state index in [-0.39, 0.29) is 17.4 Å². The van der Waals surface area contributed by atoms with Crippen molar-refractivity contribution in [1.82, 2.24) is 10.3 Å². The van der Waals surface area contributed by atoms with Crippen LogP contribution in [0, 0.1) is 6.92 Å². The minimum absolute atomic E-state index is 0.0999. The number of amides is 1. The summed E-state index contributed by atoms with van der Waals surface area (Å²) in [5.41, 5.74) is 3.54. The van der Waals surface area contributed by atoms with Gasteiger partial charge in [0.15, 0.2) is 0 Å². The van der Waals surface area contributed by atoms with Gasteiger partial charge in [0, 0.05) is 27.9 Å². The Kier molecular flexibility index (Phi) is 7.23. The Morgan fingerprint density at radius 2 is 1.90 bits per heavy atom. The quantitative estimate of drug-likeness (QED) is 0.573. The van der Waals surface area contributed by atoms with E-state index in [1.165, 1.54) is 5.56 Å². The van der Waals surface area contributed by atoms with E-state index in [9.17, 15) is 9.00 Å². The van der Waals surface area contributed by atoms with Crippen molar-refractivity contribution >= 4 is 28.3 Å². The maximum absolute atomic E-state index is 12.4. The molecule has 7 heteroatoms. The van der Waals surface area contributed by atoms with Crippen LogP contribution >= 0.6 is 11.6 Å². The van der Waals surface area contributed by atoms with Gasteiger partial charge in [0.1, 0.15) is 11.5 Å². The second-order valence-corrected chi connectivity index (χ2v) is 8.53. The van der Waals surface area contributed by atoms with Gasteiger partial charge in [0.2, 0.25) is 11.8 Å². The molecule has 0 aliphatic rings. The molecule has 152 valence electrons. The molecule has 0 fully saturated rings. The topological polar surface area (TPSA) is 72.2 Å². The molecule has 5 nitrogen and oxygen atoms in total. The van der Waals surface area contributed by atoms with Crippen LogP contribution in [0.2, 0.25) is 5.02 Å². The van der Waals surface area contributed by atoms with E-state index in [0.29, 0.717) is 28.9 Å². The fraction of sp³-hybridized carbons (Fsp3) is 0.273.